The molecule has 3 aromatic heterocycles. The summed E-state index contributed by atoms with van der Waals surface area (Å²) in [5.74, 6) is -2.27. The first-order valence-corrected chi connectivity index (χ1v) is 12.5. The Hall–Kier alpha value is -4.49. The number of thioether (sulfide) groups is 1. The van der Waals surface area contributed by atoms with Crippen molar-refractivity contribution in [2.75, 3.05) is 18.6 Å². The van der Waals surface area contributed by atoms with Gasteiger partial charge in [0.15, 0.2) is 5.13 Å². The molecule has 0 bridgehead atoms. The van der Waals surface area contributed by atoms with Gasteiger partial charge in [0.05, 0.1) is 5.56 Å². The summed E-state index contributed by atoms with van der Waals surface area (Å²) < 4.78 is 7.55. The van der Waals surface area contributed by atoms with Crippen LogP contribution in [0.3, 0.4) is 0 Å². The van der Waals surface area contributed by atoms with E-state index in [4.69, 9.17) is 15.8 Å². The van der Waals surface area contributed by atoms with E-state index in [1.54, 1.807) is 35.1 Å². The number of nitrogens with zero attached hydrogens (tertiary/aromatic N) is 7. The van der Waals surface area contributed by atoms with Gasteiger partial charge in [0.25, 0.3) is 17.5 Å². The molecule has 0 aliphatic carbocycles. The fourth-order valence-corrected chi connectivity index (χ4v) is 5.90. The molecule has 0 saturated carbocycles. The first kappa shape index (κ1) is 24.2. The second kappa shape index (κ2) is 9.52. The lowest BCUT2D eigenvalue weighted by atomic mass is 10.0. The van der Waals surface area contributed by atoms with Crippen LogP contribution in [0.15, 0.2) is 47.1 Å². The van der Waals surface area contributed by atoms with Crippen molar-refractivity contribution in [3.63, 3.8) is 0 Å². The number of β-lactam (4-membered cyclic amide) rings is 1. The number of carbonyl (C=O) groups is 3. The Morgan fingerprint density at radius 1 is 1.46 bits per heavy atom. The van der Waals surface area contributed by atoms with Crippen LogP contribution in [-0.2, 0) is 25.8 Å². The number of nitriles is 1. The lowest BCUT2D eigenvalue weighted by Gasteiger charge is -2.49. The van der Waals surface area contributed by atoms with Crippen molar-refractivity contribution in [1.82, 2.24) is 24.0 Å². The van der Waals surface area contributed by atoms with Crippen LogP contribution >= 0.6 is 23.3 Å². The number of nitrogens with one attached hydrogen (secondary N) is 1. The van der Waals surface area contributed by atoms with Crippen LogP contribution < -0.4 is 15.6 Å². The number of carboxylic acids is 1. The van der Waals surface area contributed by atoms with E-state index in [2.05, 4.69) is 25.9 Å². The maximum atomic E-state index is 13.0. The summed E-state index contributed by atoms with van der Waals surface area (Å²) in [4.78, 5) is 47.9. The van der Waals surface area contributed by atoms with Gasteiger partial charge in [-0.05, 0) is 6.07 Å². The minimum atomic E-state index is -1.24. The molecule has 1 fully saturated rings. The molecule has 1 saturated heterocycles. The van der Waals surface area contributed by atoms with Crippen molar-refractivity contribution in [2.45, 2.75) is 18.0 Å². The van der Waals surface area contributed by atoms with Crippen LogP contribution in [0, 0.1) is 11.3 Å². The minimum absolute atomic E-state index is 0.0473. The number of oxime groups is 1. The van der Waals surface area contributed by atoms with Gasteiger partial charge in [0.1, 0.15) is 55.4 Å². The standard InChI is InChI=1S/C21H17N9O5S2/c1-35-26-13(16-25-21(23)37-27-16)17(31)24-14-18(32)30-15(20(33)34)11(9-36-19(14)30)8-29-5-4-28-7-10(6-22)2-3-12(28)29/h2-5,7,14,19H,8-9H2,1H3,(H3-,23,24,25,27,31,33,34)/p+1/b26-13+. The molecule has 188 valence electrons. The van der Waals surface area contributed by atoms with Crippen molar-refractivity contribution in [1.29, 1.82) is 5.26 Å². The number of amides is 2. The number of aliphatic carboxylic acids is 1. The normalized spacial score (nSPS) is 19.3. The van der Waals surface area contributed by atoms with Gasteiger partial charge in [0, 0.05) is 28.9 Å². The van der Waals surface area contributed by atoms with Crippen LogP contribution in [0.2, 0.25) is 0 Å². The topological polar surface area (TPSA) is 192 Å². The van der Waals surface area contributed by atoms with E-state index in [1.165, 1.54) is 23.8 Å². The van der Waals surface area contributed by atoms with Crippen molar-refractivity contribution < 1.29 is 28.9 Å². The summed E-state index contributed by atoms with van der Waals surface area (Å²) in [6.45, 7) is 0.228. The maximum Gasteiger partial charge on any atom is 0.352 e. The highest BCUT2D eigenvalue weighted by Gasteiger charge is 2.54. The zero-order valence-electron chi connectivity index (χ0n) is 19.1. The van der Waals surface area contributed by atoms with Gasteiger partial charge >= 0.3 is 5.97 Å². The fraction of sp³-hybridized carbons (Fsp3) is 0.238. The van der Waals surface area contributed by atoms with E-state index < -0.39 is 29.2 Å². The average Bonchev–Trinajstić information content (AvgIpc) is 3.50. The van der Waals surface area contributed by atoms with Gasteiger partial charge in [-0.2, -0.15) is 14.6 Å². The average molecular weight is 541 g/mol. The van der Waals surface area contributed by atoms with Crippen LogP contribution in [0.1, 0.15) is 11.4 Å². The Labute approximate surface area is 216 Å². The highest BCUT2D eigenvalue weighted by atomic mass is 32.2. The third kappa shape index (κ3) is 4.23. The number of rotatable bonds is 7. The quantitative estimate of drug-likeness (QED) is 0.150. The molecule has 5 heterocycles. The van der Waals surface area contributed by atoms with E-state index in [-0.39, 0.29) is 28.9 Å². The first-order chi connectivity index (χ1) is 17.8. The molecule has 4 N–H and O–H groups in total. The molecule has 2 atom stereocenters. The Bertz CT molecular complexity index is 1550. The van der Waals surface area contributed by atoms with Crippen LogP contribution in [0.5, 0.6) is 0 Å². The molecule has 3 aromatic rings. The number of nitrogens with two attached hydrogens (primary N) is 1. The van der Waals surface area contributed by atoms with Crippen LogP contribution in [-0.4, -0.2) is 71.5 Å². The zero-order valence-corrected chi connectivity index (χ0v) is 20.7. The molecule has 16 heteroatoms. The number of imidazole rings is 1. The molecule has 0 aromatic carbocycles. The van der Waals surface area contributed by atoms with Crippen molar-refractivity contribution in [2.24, 2.45) is 5.16 Å². The van der Waals surface area contributed by atoms with E-state index in [9.17, 15) is 19.5 Å². The number of hydrogen-bond acceptors (Lipinski definition) is 11. The molecule has 0 radical (unpaired) electrons. The van der Waals surface area contributed by atoms with Gasteiger partial charge in [-0.15, -0.1) is 11.8 Å². The summed E-state index contributed by atoms with van der Waals surface area (Å²) in [6, 6.07) is 4.54. The van der Waals surface area contributed by atoms with Gasteiger partial charge in [-0.25, -0.2) is 13.8 Å². The fourth-order valence-electron chi connectivity index (χ4n) is 4.13. The number of fused-ring (bicyclic) bond motifs is 2. The SMILES string of the molecule is CO/N=C(/C(=O)NC1C(=O)N2C(C(=O)O)=C(C[n+]3ccn4cc(C#N)ccc43)CSC12)c1nsc(N)n1. The molecule has 37 heavy (non-hydrogen) atoms. The Balaban J connectivity index is 1.37. The lowest BCUT2D eigenvalue weighted by Crippen LogP contribution is -2.71. The second-order valence-electron chi connectivity index (χ2n) is 7.92. The Kier molecular flexibility index (Phi) is 6.23. The van der Waals surface area contributed by atoms with Crippen molar-refractivity contribution in [3.8, 4) is 6.07 Å². The van der Waals surface area contributed by atoms with E-state index in [0.717, 1.165) is 17.2 Å². The monoisotopic (exact) mass is 540 g/mol. The molecular formula is C21H18N9O5S2+. The number of hydrogen-bond donors (Lipinski definition) is 3. The van der Waals surface area contributed by atoms with Gasteiger partial charge < -0.3 is 21.0 Å². The third-order valence-corrected chi connectivity index (χ3v) is 7.62. The highest BCUT2D eigenvalue weighted by molar-refractivity contribution is 8.00. The van der Waals surface area contributed by atoms with Crippen molar-refractivity contribution >= 4 is 57.6 Å². The lowest BCUT2D eigenvalue weighted by molar-refractivity contribution is -0.662. The third-order valence-electron chi connectivity index (χ3n) is 5.73. The molecule has 2 aliphatic rings. The summed E-state index contributed by atoms with van der Waals surface area (Å²) in [5.41, 5.74) is 7.00. The van der Waals surface area contributed by atoms with Crippen molar-refractivity contribution in [3.05, 3.63) is 53.4 Å². The Morgan fingerprint density at radius 2 is 2.27 bits per heavy atom. The molecule has 2 aliphatic heterocycles. The summed E-state index contributed by atoms with van der Waals surface area (Å²) >= 11 is 2.21. The summed E-state index contributed by atoms with van der Waals surface area (Å²) in [6.07, 6.45) is 5.21. The first-order valence-electron chi connectivity index (χ1n) is 10.6. The molecule has 14 nitrogen and oxygen atoms in total. The zero-order chi connectivity index (χ0) is 26.3. The van der Waals surface area contributed by atoms with E-state index >= 15 is 0 Å². The summed E-state index contributed by atoms with van der Waals surface area (Å²) in [5, 5.41) is 24.8. The Morgan fingerprint density at radius 3 is 2.95 bits per heavy atom. The second-order valence-corrected chi connectivity index (χ2v) is 9.81. The maximum absolute atomic E-state index is 13.0. The van der Waals surface area contributed by atoms with E-state index in [0.29, 0.717) is 16.9 Å². The molecular weight excluding hydrogens is 522 g/mol. The number of aromatic nitrogens is 4. The number of carbonyl (C=O) groups excluding carboxylic acids is 2. The smallest absolute Gasteiger partial charge is 0.352 e. The molecule has 2 unspecified atom stereocenters. The molecule has 2 amide bonds. The van der Waals surface area contributed by atoms with Gasteiger partial charge in [0.2, 0.25) is 11.5 Å². The predicted molar refractivity (Wildman–Crippen MR) is 130 cm³/mol. The number of pyridine rings is 1. The van der Waals surface area contributed by atoms with E-state index in [1.807, 2.05) is 4.57 Å². The van der Waals surface area contributed by atoms with Crippen LogP contribution in [0.25, 0.3) is 5.65 Å². The summed E-state index contributed by atoms with van der Waals surface area (Å²) in [7, 11) is 1.25. The van der Waals surface area contributed by atoms with Crippen LogP contribution in [0.4, 0.5) is 5.13 Å². The molecule has 5 rings (SSSR count). The molecule has 0 spiro atoms. The van der Waals surface area contributed by atoms with Gasteiger partial charge in [-0.3, -0.25) is 14.5 Å². The predicted octanol–water partition coefficient (Wildman–Crippen LogP) is -0.679. The number of carboxylic acid groups (broad SMARTS) is 1. The van der Waals surface area contributed by atoms with Gasteiger partial charge in [-0.1, -0.05) is 5.16 Å². The largest absolute Gasteiger partial charge is 0.477 e. The minimum Gasteiger partial charge on any atom is -0.477 e. The number of nitrogen functional groups attached to an aromatic ring is 1. The highest BCUT2D eigenvalue weighted by Crippen LogP contribution is 2.40. The number of anilines is 1.